The molecule has 1 aliphatic rings. The Morgan fingerprint density at radius 2 is 2.22 bits per heavy atom. The number of aromatic nitrogens is 1. The number of halogens is 3. The Bertz CT molecular complexity index is 667. The van der Waals surface area contributed by atoms with E-state index in [2.05, 4.69) is 5.32 Å². The van der Waals surface area contributed by atoms with Gasteiger partial charge in [-0.25, -0.2) is 4.79 Å². The lowest BCUT2D eigenvalue weighted by Gasteiger charge is -2.26. The zero-order valence-electron chi connectivity index (χ0n) is 12.4. The number of carbonyl (C=O) groups is 1. The lowest BCUT2D eigenvalue weighted by Crippen LogP contribution is -2.39. The van der Waals surface area contributed by atoms with E-state index in [0.29, 0.717) is 38.4 Å². The molecule has 2 heterocycles. The van der Waals surface area contributed by atoms with Crippen molar-refractivity contribution >= 4 is 11.7 Å². The summed E-state index contributed by atoms with van der Waals surface area (Å²) in [6, 6.07) is -0.00472. The van der Waals surface area contributed by atoms with Gasteiger partial charge in [0.2, 0.25) is 0 Å². The van der Waals surface area contributed by atoms with E-state index in [1.54, 1.807) is 7.11 Å². The summed E-state index contributed by atoms with van der Waals surface area (Å²) >= 11 is 0. The summed E-state index contributed by atoms with van der Waals surface area (Å²) in [5.41, 5.74) is -1.21. The zero-order valence-corrected chi connectivity index (χ0v) is 12.4. The van der Waals surface area contributed by atoms with Crippen LogP contribution in [0.4, 0.5) is 23.7 Å². The fourth-order valence-electron chi connectivity index (χ4n) is 2.15. The van der Waals surface area contributed by atoms with Crippen molar-refractivity contribution in [3.8, 4) is 0 Å². The number of nitrogens with one attached hydrogen (secondary N) is 2. The molecule has 0 radical (unpaired) electrons. The van der Waals surface area contributed by atoms with Crippen LogP contribution in [0.15, 0.2) is 28.7 Å². The first-order valence-electron chi connectivity index (χ1n) is 6.84. The molecular weight excluding hydrogens is 315 g/mol. The minimum Gasteiger partial charge on any atom is -0.380 e. The molecule has 2 rings (SSSR count). The maximum atomic E-state index is 12.6. The molecule has 9 heteroatoms. The molecule has 23 heavy (non-hydrogen) atoms. The van der Waals surface area contributed by atoms with Crippen LogP contribution in [-0.4, -0.2) is 42.7 Å². The molecular formula is C14H16F3N3O3. The Morgan fingerprint density at radius 1 is 1.48 bits per heavy atom. The normalized spacial score (nSPS) is 15.3. The van der Waals surface area contributed by atoms with Gasteiger partial charge in [0.1, 0.15) is 5.69 Å². The van der Waals surface area contributed by atoms with Crippen LogP contribution in [0, 0.1) is 0 Å². The van der Waals surface area contributed by atoms with Crippen LogP contribution in [0.1, 0.15) is 12.0 Å². The van der Waals surface area contributed by atoms with E-state index in [4.69, 9.17) is 4.74 Å². The lowest BCUT2D eigenvalue weighted by molar-refractivity contribution is -0.137. The third kappa shape index (κ3) is 4.35. The van der Waals surface area contributed by atoms with Crippen LogP contribution in [0.5, 0.6) is 0 Å². The molecule has 2 amide bonds. The van der Waals surface area contributed by atoms with Gasteiger partial charge in [0.15, 0.2) is 0 Å². The summed E-state index contributed by atoms with van der Waals surface area (Å²) in [7, 11) is 1.57. The van der Waals surface area contributed by atoms with E-state index in [9.17, 15) is 22.8 Å². The predicted molar refractivity (Wildman–Crippen MR) is 77.2 cm³/mol. The first-order valence-corrected chi connectivity index (χ1v) is 6.84. The minimum absolute atomic E-state index is 0.307. The quantitative estimate of drug-likeness (QED) is 0.834. The van der Waals surface area contributed by atoms with E-state index in [1.807, 2.05) is 11.1 Å². The molecule has 0 spiro atoms. The van der Waals surface area contributed by atoms with Crippen LogP contribution in [0.25, 0.3) is 0 Å². The second-order valence-electron chi connectivity index (χ2n) is 5.05. The van der Waals surface area contributed by atoms with E-state index < -0.39 is 29.0 Å². The topological polar surface area (TPSA) is 74.4 Å². The smallest absolute Gasteiger partial charge is 0.380 e. The highest BCUT2D eigenvalue weighted by Crippen LogP contribution is 2.29. The number of urea groups is 1. The zero-order chi connectivity index (χ0) is 17.0. The number of pyridine rings is 1. The lowest BCUT2D eigenvalue weighted by atomic mass is 10.1. The fourth-order valence-corrected chi connectivity index (χ4v) is 2.15. The minimum atomic E-state index is -4.60. The van der Waals surface area contributed by atoms with Gasteiger partial charge in [-0.05, 0) is 18.1 Å². The van der Waals surface area contributed by atoms with Gasteiger partial charge < -0.3 is 19.9 Å². The number of H-pyrrole nitrogens is 1. The monoisotopic (exact) mass is 331 g/mol. The Labute approximate surface area is 129 Å². The Hall–Kier alpha value is -2.29. The van der Waals surface area contributed by atoms with Crippen LogP contribution in [-0.2, 0) is 10.9 Å². The van der Waals surface area contributed by atoms with Crippen molar-refractivity contribution in [1.29, 1.82) is 0 Å². The van der Waals surface area contributed by atoms with Crippen LogP contribution < -0.4 is 10.9 Å². The highest BCUT2D eigenvalue weighted by Gasteiger charge is 2.31. The summed E-state index contributed by atoms with van der Waals surface area (Å²) in [5.74, 6) is 0. The van der Waals surface area contributed by atoms with E-state index in [0.717, 1.165) is 5.57 Å². The molecule has 0 aromatic carbocycles. The molecule has 0 fully saturated rings. The van der Waals surface area contributed by atoms with Crippen molar-refractivity contribution < 1.29 is 22.7 Å². The van der Waals surface area contributed by atoms with Crippen LogP contribution in [0.2, 0.25) is 0 Å². The number of hydrogen-bond donors (Lipinski definition) is 2. The van der Waals surface area contributed by atoms with Gasteiger partial charge in [0.05, 0.1) is 12.2 Å². The highest BCUT2D eigenvalue weighted by atomic mass is 19.4. The number of methoxy groups -OCH3 is 1. The molecule has 1 aliphatic heterocycles. The van der Waals surface area contributed by atoms with Gasteiger partial charge in [-0.1, -0.05) is 6.08 Å². The third-order valence-corrected chi connectivity index (χ3v) is 3.39. The molecule has 126 valence electrons. The molecule has 0 saturated heterocycles. The number of ether oxygens (including phenoxy) is 1. The van der Waals surface area contributed by atoms with Gasteiger partial charge in [0, 0.05) is 26.4 Å². The number of amides is 2. The molecule has 0 bridgehead atoms. The molecule has 0 unspecified atom stereocenters. The number of hydrogen-bond acceptors (Lipinski definition) is 3. The number of aromatic amines is 1. The molecule has 0 saturated carbocycles. The van der Waals surface area contributed by atoms with E-state index in [1.165, 1.54) is 4.90 Å². The standard InChI is InChI=1S/C14H16F3N3O3/c1-23-8-9-2-4-20(5-3-9)13(22)19-11-6-10(14(15,16)17)7-18-12(11)21/h2,6-7H,3-5,8H2,1H3,(H,18,21)(H,19,22). The molecule has 1 aromatic rings. The summed E-state index contributed by atoms with van der Waals surface area (Å²) in [6.45, 7) is 1.18. The second kappa shape index (κ2) is 6.86. The summed E-state index contributed by atoms with van der Waals surface area (Å²) in [5, 5.41) is 2.22. The van der Waals surface area contributed by atoms with Crippen LogP contribution >= 0.6 is 0 Å². The summed E-state index contributed by atoms with van der Waals surface area (Å²) in [4.78, 5) is 27.0. The Kier molecular flexibility index (Phi) is 5.09. The Morgan fingerprint density at radius 3 is 2.78 bits per heavy atom. The average molecular weight is 331 g/mol. The Balaban J connectivity index is 2.08. The SMILES string of the molecule is COCC1=CCN(C(=O)Nc2cc(C(F)(F)F)c[nH]c2=O)CC1. The number of carbonyl (C=O) groups excluding carboxylic acids is 1. The number of rotatable bonds is 3. The third-order valence-electron chi connectivity index (χ3n) is 3.39. The highest BCUT2D eigenvalue weighted by molar-refractivity contribution is 5.89. The predicted octanol–water partition coefficient (Wildman–Crippen LogP) is 2.20. The first kappa shape index (κ1) is 17.1. The second-order valence-corrected chi connectivity index (χ2v) is 5.05. The largest absolute Gasteiger partial charge is 0.417 e. The van der Waals surface area contributed by atoms with Crippen LogP contribution in [0.3, 0.4) is 0 Å². The number of nitrogens with zero attached hydrogens (tertiary/aromatic N) is 1. The summed E-state index contributed by atoms with van der Waals surface area (Å²) < 4.78 is 42.9. The fraction of sp³-hybridized carbons (Fsp3) is 0.429. The van der Waals surface area contributed by atoms with E-state index >= 15 is 0 Å². The molecule has 0 atom stereocenters. The summed E-state index contributed by atoms with van der Waals surface area (Å²) in [6.07, 6.45) is -1.60. The van der Waals surface area contributed by atoms with Crippen molar-refractivity contribution in [3.05, 3.63) is 39.8 Å². The van der Waals surface area contributed by atoms with Crippen molar-refractivity contribution in [3.63, 3.8) is 0 Å². The van der Waals surface area contributed by atoms with Gasteiger partial charge in [0.25, 0.3) is 5.56 Å². The number of alkyl halides is 3. The number of anilines is 1. The van der Waals surface area contributed by atoms with Gasteiger partial charge in [-0.2, -0.15) is 13.2 Å². The van der Waals surface area contributed by atoms with Gasteiger partial charge in [-0.15, -0.1) is 0 Å². The van der Waals surface area contributed by atoms with Crippen molar-refractivity contribution in [2.24, 2.45) is 0 Å². The van der Waals surface area contributed by atoms with Crippen molar-refractivity contribution in [2.45, 2.75) is 12.6 Å². The van der Waals surface area contributed by atoms with E-state index in [-0.39, 0.29) is 0 Å². The molecule has 2 N–H and O–H groups in total. The maximum absolute atomic E-state index is 12.6. The van der Waals surface area contributed by atoms with Gasteiger partial charge >= 0.3 is 12.2 Å². The van der Waals surface area contributed by atoms with Gasteiger partial charge in [-0.3, -0.25) is 4.79 Å². The van der Waals surface area contributed by atoms with Crippen molar-refractivity contribution in [2.75, 3.05) is 32.1 Å². The molecule has 6 nitrogen and oxygen atoms in total. The first-order chi connectivity index (χ1) is 10.8. The average Bonchev–Trinajstić information content (AvgIpc) is 2.49. The van der Waals surface area contributed by atoms with Crippen molar-refractivity contribution in [1.82, 2.24) is 9.88 Å². The maximum Gasteiger partial charge on any atom is 0.417 e. The molecule has 0 aliphatic carbocycles. The molecule has 1 aromatic heterocycles.